The Kier molecular flexibility index (Phi) is 21.7. The van der Waals surface area contributed by atoms with Gasteiger partial charge in [0.1, 0.15) is 0 Å². The van der Waals surface area contributed by atoms with E-state index in [0.29, 0.717) is 6.42 Å². The molecule has 0 aromatic rings. The van der Waals surface area contributed by atoms with Crippen molar-refractivity contribution in [3.8, 4) is 0 Å². The molecule has 2 atom stereocenters. The van der Waals surface area contributed by atoms with Gasteiger partial charge in [0, 0.05) is 6.42 Å². The van der Waals surface area contributed by atoms with E-state index in [1.165, 1.54) is 64.2 Å². The fourth-order valence-electron chi connectivity index (χ4n) is 3.42. The van der Waals surface area contributed by atoms with Crippen molar-refractivity contribution in [1.29, 1.82) is 0 Å². The van der Waals surface area contributed by atoms with Gasteiger partial charge in [-0.25, -0.2) is 0 Å². The van der Waals surface area contributed by atoms with Crippen molar-refractivity contribution in [2.45, 2.75) is 129 Å². The van der Waals surface area contributed by atoms with Gasteiger partial charge in [0.25, 0.3) is 0 Å². The normalized spacial score (nSPS) is 13.9. The summed E-state index contributed by atoms with van der Waals surface area (Å²) in [5.41, 5.74) is 0. The highest BCUT2D eigenvalue weighted by Crippen LogP contribution is 2.10. The van der Waals surface area contributed by atoms with Crippen LogP contribution in [-0.4, -0.2) is 34.9 Å². The first-order chi connectivity index (χ1) is 14.7. The van der Waals surface area contributed by atoms with Crippen molar-refractivity contribution >= 4 is 5.91 Å². The molecule has 0 saturated heterocycles. The number of carbonyl (C=O) groups is 1. The van der Waals surface area contributed by atoms with Crippen molar-refractivity contribution < 1.29 is 15.0 Å². The molecule has 0 aliphatic carbocycles. The van der Waals surface area contributed by atoms with Gasteiger partial charge in [-0.05, 0) is 32.1 Å². The molecule has 1 amide bonds. The van der Waals surface area contributed by atoms with Gasteiger partial charge in [-0.2, -0.15) is 0 Å². The predicted octanol–water partition coefficient (Wildman–Crippen LogP) is 6.22. The summed E-state index contributed by atoms with van der Waals surface area (Å²) in [4.78, 5) is 12.1. The third-order valence-corrected chi connectivity index (χ3v) is 5.44. The molecule has 0 fully saturated rings. The Balaban J connectivity index is 3.83. The van der Waals surface area contributed by atoms with E-state index in [9.17, 15) is 15.0 Å². The molecule has 0 bridgehead atoms. The summed E-state index contributed by atoms with van der Waals surface area (Å²) in [6.07, 6.45) is 25.3. The number of aliphatic hydroxyl groups is 2. The smallest absolute Gasteiger partial charge is 0.220 e. The molecule has 0 aliphatic rings. The predicted molar refractivity (Wildman–Crippen MR) is 129 cm³/mol. The van der Waals surface area contributed by atoms with Gasteiger partial charge >= 0.3 is 0 Å². The first-order valence-corrected chi connectivity index (χ1v) is 12.6. The number of aliphatic hydroxyl groups excluding tert-OH is 2. The third kappa shape index (κ3) is 18.9. The van der Waals surface area contributed by atoms with Crippen LogP contribution in [0.2, 0.25) is 0 Å². The second-order valence-corrected chi connectivity index (χ2v) is 8.40. The van der Waals surface area contributed by atoms with E-state index in [1.807, 2.05) is 6.08 Å². The van der Waals surface area contributed by atoms with Crippen molar-refractivity contribution in [3.63, 3.8) is 0 Å². The van der Waals surface area contributed by atoms with Crippen LogP contribution in [0.25, 0.3) is 0 Å². The molecule has 0 aromatic carbocycles. The van der Waals surface area contributed by atoms with Crippen molar-refractivity contribution in [2.75, 3.05) is 6.61 Å². The van der Waals surface area contributed by atoms with Gasteiger partial charge in [0.15, 0.2) is 0 Å². The molecule has 3 N–H and O–H groups in total. The lowest BCUT2D eigenvalue weighted by atomic mass is 10.1. The van der Waals surface area contributed by atoms with Crippen LogP contribution in [0.3, 0.4) is 0 Å². The number of hydrogen-bond donors (Lipinski definition) is 3. The number of allylic oxidation sites excluding steroid dienone is 3. The van der Waals surface area contributed by atoms with E-state index in [-0.39, 0.29) is 12.5 Å². The van der Waals surface area contributed by atoms with Gasteiger partial charge < -0.3 is 15.5 Å². The summed E-state index contributed by atoms with van der Waals surface area (Å²) in [6, 6.07) is -0.628. The Bertz CT molecular complexity index is 434. The maximum absolute atomic E-state index is 12.1. The van der Waals surface area contributed by atoms with Crippen molar-refractivity contribution in [2.24, 2.45) is 0 Å². The molecule has 0 aromatic heterocycles. The lowest BCUT2D eigenvalue weighted by molar-refractivity contribution is -0.123. The number of unbranched alkanes of at least 4 members (excludes halogenated alkanes) is 12. The molecule has 0 rings (SSSR count). The van der Waals surface area contributed by atoms with Crippen LogP contribution >= 0.6 is 0 Å². The molecule has 0 aliphatic heterocycles. The van der Waals surface area contributed by atoms with Crippen LogP contribution in [0.1, 0.15) is 117 Å². The van der Waals surface area contributed by atoms with E-state index in [4.69, 9.17) is 0 Å². The molecular formula is C26H49NO3. The summed E-state index contributed by atoms with van der Waals surface area (Å²) >= 11 is 0. The fraction of sp³-hybridized carbons (Fsp3) is 0.808. The zero-order chi connectivity index (χ0) is 22.3. The van der Waals surface area contributed by atoms with E-state index in [2.05, 4.69) is 31.3 Å². The summed E-state index contributed by atoms with van der Waals surface area (Å²) in [5.74, 6) is -0.0838. The highest BCUT2D eigenvalue weighted by molar-refractivity contribution is 5.76. The summed E-state index contributed by atoms with van der Waals surface area (Å²) in [7, 11) is 0. The Hall–Kier alpha value is -1.13. The zero-order valence-electron chi connectivity index (χ0n) is 19.8. The zero-order valence-corrected chi connectivity index (χ0v) is 19.8. The van der Waals surface area contributed by atoms with E-state index >= 15 is 0 Å². The number of rotatable bonds is 21. The topological polar surface area (TPSA) is 69.6 Å². The molecule has 0 spiro atoms. The van der Waals surface area contributed by atoms with Crippen LogP contribution < -0.4 is 5.32 Å². The van der Waals surface area contributed by atoms with Gasteiger partial charge in [-0.1, -0.05) is 102 Å². The van der Waals surface area contributed by atoms with E-state index in [1.54, 1.807) is 6.08 Å². The van der Waals surface area contributed by atoms with Crippen LogP contribution in [0.4, 0.5) is 0 Å². The molecular weight excluding hydrogens is 374 g/mol. The summed E-state index contributed by atoms with van der Waals surface area (Å²) in [5, 5.41) is 22.5. The minimum Gasteiger partial charge on any atom is -0.394 e. The standard InChI is InChI=1S/C26H49NO3/c1-3-5-7-9-11-13-15-17-19-21-25(29)24(23-28)27-26(30)22-20-18-16-14-12-10-8-6-4-2/h11,13,19,21,24-25,28-29H,3-10,12,14-18,20,22-23H2,1-2H3,(H,27,30)/b13-11+,21-19+. The SMILES string of the molecule is CCCCC/C=C/CC/C=C/C(O)C(CO)NC(=O)CCCCCCCCCCC. The fourth-order valence-corrected chi connectivity index (χ4v) is 3.42. The van der Waals surface area contributed by atoms with Gasteiger partial charge in [-0.15, -0.1) is 0 Å². The molecule has 0 radical (unpaired) electrons. The maximum Gasteiger partial charge on any atom is 0.220 e. The highest BCUT2D eigenvalue weighted by Gasteiger charge is 2.17. The molecule has 4 heteroatoms. The monoisotopic (exact) mass is 423 g/mol. The molecule has 4 nitrogen and oxygen atoms in total. The van der Waals surface area contributed by atoms with E-state index in [0.717, 1.165) is 32.1 Å². The molecule has 2 unspecified atom stereocenters. The Labute approximate surface area is 186 Å². The maximum atomic E-state index is 12.1. The van der Waals surface area contributed by atoms with Crippen molar-refractivity contribution in [1.82, 2.24) is 5.32 Å². The lowest BCUT2D eigenvalue weighted by Gasteiger charge is -2.19. The average Bonchev–Trinajstić information content (AvgIpc) is 2.75. The van der Waals surface area contributed by atoms with Crippen molar-refractivity contribution in [3.05, 3.63) is 24.3 Å². The van der Waals surface area contributed by atoms with Crippen LogP contribution in [0, 0.1) is 0 Å². The number of hydrogen-bond acceptors (Lipinski definition) is 3. The number of nitrogens with one attached hydrogen (secondary N) is 1. The minimum absolute atomic E-state index is 0.0838. The van der Waals surface area contributed by atoms with Gasteiger partial charge in [0.05, 0.1) is 18.8 Å². The minimum atomic E-state index is -0.851. The first kappa shape index (κ1) is 28.9. The van der Waals surface area contributed by atoms with Crippen LogP contribution in [0.15, 0.2) is 24.3 Å². The molecule has 0 saturated carbocycles. The highest BCUT2D eigenvalue weighted by atomic mass is 16.3. The third-order valence-electron chi connectivity index (χ3n) is 5.44. The van der Waals surface area contributed by atoms with Gasteiger partial charge in [0.2, 0.25) is 5.91 Å². The Morgan fingerprint density at radius 2 is 1.30 bits per heavy atom. The quantitative estimate of drug-likeness (QED) is 0.152. The largest absolute Gasteiger partial charge is 0.394 e. The van der Waals surface area contributed by atoms with Crippen LogP contribution in [-0.2, 0) is 4.79 Å². The summed E-state index contributed by atoms with van der Waals surface area (Å²) in [6.45, 7) is 4.18. The second-order valence-electron chi connectivity index (χ2n) is 8.40. The Morgan fingerprint density at radius 1 is 0.767 bits per heavy atom. The molecule has 30 heavy (non-hydrogen) atoms. The first-order valence-electron chi connectivity index (χ1n) is 12.6. The number of amides is 1. The van der Waals surface area contributed by atoms with E-state index < -0.39 is 12.1 Å². The second kappa shape index (κ2) is 22.6. The number of carbonyl (C=O) groups excluding carboxylic acids is 1. The van der Waals surface area contributed by atoms with Crippen LogP contribution in [0.5, 0.6) is 0 Å². The Morgan fingerprint density at radius 3 is 1.93 bits per heavy atom. The molecule has 0 heterocycles. The van der Waals surface area contributed by atoms with Gasteiger partial charge in [-0.3, -0.25) is 4.79 Å². The molecule has 176 valence electrons. The summed E-state index contributed by atoms with van der Waals surface area (Å²) < 4.78 is 0. The average molecular weight is 424 g/mol. The lowest BCUT2D eigenvalue weighted by Crippen LogP contribution is -2.45.